The highest BCUT2D eigenvalue weighted by molar-refractivity contribution is 6.04. The number of amides is 1. The van der Waals surface area contributed by atoms with Gasteiger partial charge in [-0.25, -0.2) is 15.0 Å². The number of aryl methyl sites for hydroxylation is 2. The fourth-order valence-electron chi connectivity index (χ4n) is 3.75. The van der Waals surface area contributed by atoms with Crippen LogP contribution in [0, 0.1) is 6.92 Å². The molecule has 2 N–H and O–H groups in total. The predicted molar refractivity (Wildman–Crippen MR) is 138 cm³/mol. The first-order valence-corrected chi connectivity index (χ1v) is 11.8. The van der Waals surface area contributed by atoms with Crippen molar-refractivity contribution in [2.75, 3.05) is 10.6 Å². The van der Waals surface area contributed by atoms with Crippen LogP contribution in [0.25, 0.3) is 23.4 Å². The van der Waals surface area contributed by atoms with Crippen LogP contribution in [-0.4, -0.2) is 41.2 Å². The molecule has 1 aliphatic carbocycles. The van der Waals surface area contributed by atoms with E-state index in [0.717, 1.165) is 46.6 Å². The van der Waals surface area contributed by atoms with Crippen molar-refractivity contribution in [3.63, 3.8) is 0 Å². The maximum absolute atomic E-state index is 13.0. The van der Waals surface area contributed by atoms with Gasteiger partial charge < -0.3 is 10.6 Å². The van der Waals surface area contributed by atoms with Crippen LogP contribution in [-0.2, 0) is 12.5 Å². The molecule has 3 aromatic heterocycles. The average molecular weight is 471 g/mol. The van der Waals surface area contributed by atoms with Crippen molar-refractivity contribution >= 4 is 41.0 Å². The van der Waals surface area contributed by atoms with Gasteiger partial charge >= 0.3 is 0 Å². The minimum Gasteiger partial charge on any atom is -0.365 e. The van der Waals surface area contributed by atoms with E-state index < -0.39 is 0 Å². The molecular formula is C26H30N8O. The van der Waals surface area contributed by atoms with E-state index in [2.05, 4.69) is 51.5 Å². The molecule has 5 rings (SSSR count). The monoisotopic (exact) mass is 470 g/mol. The van der Waals surface area contributed by atoms with Crippen molar-refractivity contribution in [1.29, 1.82) is 0 Å². The van der Waals surface area contributed by atoms with Crippen LogP contribution >= 0.6 is 0 Å². The number of anilines is 2. The number of aromatic nitrogens is 6. The van der Waals surface area contributed by atoms with E-state index in [1.807, 2.05) is 55.1 Å². The molecule has 1 aromatic carbocycles. The standard InChI is InChI=1S/C26H30N8O/c1-16-6-7-18(25(35)31-21-13-20(26(2,3)4)32-33(21)5)12-17(16)10-11-34-15-29-22-23(30-19-8-9-19)27-14-28-24(22)34/h6-7,10-15,19H,8-9H2,1-5H3,(H,31,35)(H,27,28,30)/b11-10+. The Morgan fingerprint density at radius 1 is 1.14 bits per heavy atom. The number of carbonyl (C=O) groups is 1. The number of carbonyl (C=O) groups excluding carboxylic acids is 1. The lowest BCUT2D eigenvalue weighted by Crippen LogP contribution is -2.14. The highest BCUT2D eigenvalue weighted by atomic mass is 16.1. The minimum absolute atomic E-state index is 0.0975. The number of nitrogens with zero attached hydrogens (tertiary/aromatic N) is 6. The van der Waals surface area contributed by atoms with Gasteiger partial charge in [-0.05, 0) is 49.1 Å². The van der Waals surface area contributed by atoms with E-state index in [4.69, 9.17) is 0 Å². The van der Waals surface area contributed by atoms with Crippen molar-refractivity contribution in [3.8, 4) is 0 Å². The maximum Gasteiger partial charge on any atom is 0.256 e. The van der Waals surface area contributed by atoms with E-state index >= 15 is 0 Å². The molecule has 0 bridgehead atoms. The third kappa shape index (κ3) is 4.80. The number of hydrogen-bond acceptors (Lipinski definition) is 6. The summed E-state index contributed by atoms with van der Waals surface area (Å²) in [6.45, 7) is 8.31. The van der Waals surface area contributed by atoms with Gasteiger partial charge in [0.1, 0.15) is 18.5 Å². The Morgan fingerprint density at radius 3 is 2.66 bits per heavy atom. The first-order valence-electron chi connectivity index (χ1n) is 11.8. The Kier molecular flexibility index (Phi) is 5.62. The molecule has 0 unspecified atom stereocenters. The lowest BCUT2D eigenvalue weighted by atomic mass is 9.92. The maximum atomic E-state index is 13.0. The Bertz CT molecular complexity index is 1440. The molecule has 4 aromatic rings. The normalized spacial score (nSPS) is 14.1. The second-order valence-electron chi connectivity index (χ2n) is 10.1. The predicted octanol–water partition coefficient (Wildman–Crippen LogP) is 4.62. The number of imidazole rings is 1. The smallest absolute Gasteiger partial charge is 0.256 e. The summed E-state index contributed by atoms with van der Waals surface area (Å²) < 4.78 is 3.57. The SMILES string of the molecule is Cc1ccc(C(=O)Nc2cc(C(C)(C)C)nn2C)cc1/C=C/n1cnc2c(NC3CC3)ncnc21. The van der Waals surface area contributed by atoms with Gasteiger partial charge in [0.25, 0.3) is 5.91 Å². The van der Waals surface area contributed by atoms with Gasteiger partial charge in [0.15, 0.2) is 17.0 Å². The summed E-state index contributed by atoms with van der Waals surface area (Å²) >= 11 is 0. The zero-order valence-corrected chi connectivity index (χ0v) is 20.7. The zero-order valence-electron chi connectivity index (χ0n) is 20.7. The summed E-state index contributed by atoms with van der Waals surface area (Å²) in [5, 5.41) is 10.9. The molecule has 1 saturated carbocycles. The summed E-state index contributed by atoms with van der Waals surface area (Å²) in [6, 6.07) is 8.07. The van der Waals surface area contributed by atoms with Gasteiger partial charge in [-0.1, -0.05) is 26.8 Å². The summed E-state index contributed by atoms with van der Waals surface area (Å²) in [5.74, 6) is 1.25. The molecule has 1 amide bonds. The molecular weight excluding hydrogens is 440 g/mol. The minimum atomic E-state index is -0.181. The van der Waals surface area contributed by atoms with E-state index in [9.17, 15) is 4.79 Å². The second kappa shape index (κ2) is 8.65. The highest BCUT2D eigenvalue weighted by Gasteiger charge is 2.23. The molecule has 35 heavy (non-hydrogen) atoms. The second-order valence-corrected chi connectivity index (χ2v) is 10.1. The van der Waals surface area contributed by atoms with Crippen molar-refractivity contribution in [1.82, 2.24) is 29.3 Å². The summed E-state index contributed by atoms with van der Waals surface area (Å²) in [4.78, 5) is 26.3. The number of hydrogen-bond donors (Lipinski definition) is 2. The Morgan fingerprint density at radius 2 is 1.94 bits per heavy atom. The van der Waals surface area contributed by atoms with E-state index in [1.165, 1.54) is 0 Å². The molecule has 0 radical (unpaired) electrons. The molecule has 0 spiro atoms. The summed E-state index contributed by atoms with van der Waals surface area (Å²) in [6.07, 6.45) is 9.48. The van der Waals surface area contributed by atoms with E-state index in [1.54, 1.807) is 17.3 Å². The van der Waals surface area contributed by atoms with Crippen molar-refractivity contribution < 1.29 is 4.79 Å². The third-order valence-corrected chi connectivity index (χ3v) is 6.12. The van der Waals surface area contributed by atoms with Crippen LogP contribution in [0.2, 0.25) is 0 Å². The molecule has 0 atom stereocenters. The Hall–Kier alpha value is -4.01. The number of rotatable bonds is 6. The van der Waals surface area contributed by atoms with Crippen molar-refractivity contribution in [2.45, 2.75) is 52.0 Å². The molecule has 1 aliphatic rings. The molecule has 3 heterocycles. The van der Waals surface area contributed by atoms with Gasteiger partial charge in [0.2, 0.25) is 0 Å². The lowest BCUT2D eigenvalue weighted by Gasteiger charge is -2.13. The fourth-order valence-corrected chi connectivity index (χ4v) is 3.75. The van der Waals surface area contributed by atoms with Gasteiger partial charge in [0, 0.05) is 36.3 Å². The van der Waals surface area contributed by atoms with E-state index in [0.29, 0.717) is 17.4 Å². The quantitative estimate of drug-likeness (QED) is 0.426. The molecule has 9 nitrogen and oxygen atoms in total. The summed E-state index contributed by atoms with van der Waals surface area (Å²) in [5.41, 5.74) is 4.88. The Balaban J connectivity index is 1.37. The number of fused-ring (bicyclic) bond motifs is 1. The van der Waals surface area contributed by atoms with Crippen LogP contribution in [0.3, 0.4) is 0 Å². The Labute approximate surface area is 204 Å². The number of nitrogens with one attached hydrogen (secondary N) is 2. The highest BCUT2D eigenvalue weighted by Crippen LogP contribution is 2.27. The van der Waals surface area contributed by atoms with Crippen LogP contribution < -0.4 is 10.6 Å². The van der Waals surface area contributed by atoms with Crippen molar-refractivity contribution in [3.05, 3.63) is 59.3 Å². The lowest BCUT2D eigenvalue weighted by molar-refractivity contribution is 0.102. The van der Waals surface area contributed by atoms with Gasteiger partial charge in [-0.3, -0.25) is 14.0 Å². The largest absolute Gasteiger partial charge is 0.365 e. The van der Waals surface area contributed by atoms with Crippen LogP contribution in [0.4, 0.5) is 11.6 Å². The van der Waals surface area contributed by atoms with Crippen LogP contribution in [0.15, 0.2) is 36.9 Å². The summed E-state index contributed by atoms with van der Waals surface area (Å²) in [7, 11) is 1.83. The number of benzene rings is 1. The average Bonchev–Trinajstić information content (AvgIpc) is 3.40. The van der Waals surface area contributed by atoms with Gasteiger partial charge in [-0.15, -0.1) is 0 Å². The molecule has 180 valence electrons. The molecule has 0 saturated heterocycles. The molecule has 1 fully saturated rings. The first kappa shape index (κ1) is 22.8. The first-order chi connectivity index (χ1) is 16.7. The topological polar surface area (TPSA) is 103 Å². The van der Waals surface area contributed by atoms with Gasteiger partial charge in [-0.2, -0.15) is 5.10 Å². The van der Waals surface area contributed by atoms with E-state index in [-0.39, 0.29) is 11.3 Å². The van der Waals surface area contributed by atoms with Crippen LogP contribution in [0.1, 0.15) is 60.8 Å². The third-order valence-electron chi connectivity index (χ3n) is 6.12. The van der Waals surface area contributed by atoms with Crippen LogP contribution in [0.5, 0.6) is 0 Å². The fraction of sp³-hybridized carbons (Fsp3) is 0.346. The zero-order chi connectivity index (χ0) is 24.7. The van der Waals surface area contributed by atoms with Crippen molar-refractivity contribution in [2.24, 2.45) is 7.05 Å². The van der Waals surface area contributed by atoms with Gasteiger partial charge in [0.05, 0.1) is 5.69 Å². The molecule has 0 aliphatic heterocycles. The molecule has 9 heteroatoms.